The average molecular weight is 256 g/mol. The number of nitrogens with zero attached hydrogens (tertiary/aromatic N) is 2. The Morgan fingerprint density at radius 2 is 2.11 bits per heavy atom. The molecule has 0 aromatic carbocycles. The third kappa shape index (κ3) is 3.28. The van der Waals surface area contributed by atoms with E-state index in [4.69, 9.17) is 0 Å². The van der Waals surface area contributed by atoms with E-state index >= 15 is 0 Å². The number of hydrogen-bond acceptors (Lipinski definition) is 4. The highest BCUT2D eigenvalue weighted by Gasteiger charge is 2.08. The van der Waals surface area contributed by atoms with Gasteiger partial charge in [0.1, 0.15) is 5.82 Å². The van der Waals surface area contributed by atoms with Crippen LogP contribution < -0.4 is 10.6 Å². The summed E-state index contributed by atoms with van der Waals surface area (Å²) in [6.07, 6.45) is 4.88. The molecule has 0 aliphatic rings. The molecule has 1 amide bonds. The van der Waals surface area contributed by atoms with E-state index in [9.17, 15) is 4.79 Å². The third-order valence-electron chi connectivity index (χ3n) is 2.67. The molecule has 0 bridgehead atoms. The van der Waals surface area contributed by atoms with Crippen LogP contribution in [0.3, 0.4) is 0 Å². The second kappa shape index (κ2) is 5.95. The van der Waals surface area contributed by atoms with Crippen molar-refractivity contribution < 1.29 is 4.79 Å². The normalized spacial score (nSPS) is 10.0. The molecule has 0 saturated heterocycles. The second-order valence-corrected chi connectivity index (χ2v) is 4.11. The predicted octanol–water partition coefficient (Wildman–Crippen LogP) is 2.47. The molecule has 0 radical (unpaired) electrons. The van der Waals surface area contributed by atoms with E-state index in [1.807, 2.05) is 19.9 Å². The Balaban J connectivity index is 2.10. The van der Waals surface area contributed by atoms with E-state index in [1.165, 1.54) is 0 Å². The summed E-state index contributed by atoms with van der Waals surface area (Å²) in [5.74, 6) is 0.572. The Morgan fingerprint density at radius 3 is 2.74 bits per heavy atom. The lowest BCUT2D eigenvalue weighted by atomic mass is 10.2. The van der Waals surface area contributed by atoms with Crippen molar-refractivity contribution in [1.29, 1.82) is 0 Å². The molecule has 2 heterocycles. The summed E-state index contributed by atoms with van der Waals surface area (Å²) < 4.78 is 0. The van der Waals surface area contributed by atoms with E-state index in [-0.39, 0.29) is 5.91 Å². The number of carbonyl (C=O) groups excluding carboxylic acids is 1. The molecular formula is C14H16N4O. The number of rotatable bonds is 4. The molecule has 5 heteroatoms. The number of anilines is 2. The molecule has 19 heavy (non-hydrogen) atoms. The maximum absolute atomic E-state index is 12.0. The quantitative estimate of drug-likeness (QED) is 0.881. The van der Waals surface area contributed by atoms with E-state index in [2.05, 4.69) is 20.6 Å². The molecule has 2 aromatic heterocycles. The van der Waals surface area contributed by atoms with Gasteiger partial charge in [-0.2, -0.15) is 0 Å². The SMILES string of the molecule is CCNc1ccc(C(=O)Nc2cnccc2C)cn1. The summed E-state index contributed by atoms with van der Waals surface area (Å²) in [4.78, 5) is 20.2. The number of hydrogen-bond donors (Lipinski definition) is 2. The Hall–Kier alpha value is -2.43. The number of aromatic nitrogens is 2. The van der Waals surface area contributed by atoms with Gasteiger partial charge in [-0.3, -0.25) is 9.78 Å². The van der Waals surface area contributed by atoms with Crippen LogP contribution in [-0.2, 0) is 0 Å². The summed E-state index contributed by atoms with van der Waals surface area (Å²) >= 11 is 0. The predicted molar refractivity (Wildman–Crippen MR) is 75.3 cm³/mol. The lowest BCUT2D eigenvalue weighted by Crippen LogP contribution is -2.13. The van der Waals surface area contributed by atoms with E-state index in [1.54, 1.807) is 30.7 Å². The number of nitrogens with one attached hydrogen (secondary N) is 2. The first-order valence-electron chi connectivity index (χ1n) is 6.12. The maximum atomic E-state index is 12.0. The van der Waals surface area contributed by atoms with Gasteiger partial charge in [0.15, 0.2) is 0 Å². The zero-order chi connectivity index (χ0) is 13.7. The van der Waals surface area contributed by atoms with Crippen LogP contribution in [0.2, 0.25) is 0 Å². The summed E-state index contributed by atoms with van der Waals surface area (Å²) in [7, 11) is 0. The highest BCUT2D eigenvalue weighted by Crippen LogP contribution is 2.13. The smallest absolute Gasteiger partial charge is 0.257 e. The zero-order valence-corrected chi connectivity index (χ0v) is 11.0. The minimum absolute atomic E-state index is 0.188. The van der Waals surface area contributed by atoms with Crippen molar-refractivity contribution in [3.8, 4) is 0 Å². The van der Waals surface area contributed by atoms with Gasteiger partial charge in [0.25, 0.3) is 5.91 Å². The van der Waals surface area contributed by atoms with Gasteiger partial charge in [0, 0.05) is 18.9 Å². The largest absolute Gasteiger partial charge is 0.370 e. The van der Waals surface area contributed by atoms with Gasteiger partial charge >= 0.3 is 0 Å². The summed E-state index contributed by atoms with van der Waals surface area (Å²) in [6, 6.07) is 5.38. The third-order valence-corrected chi connectivity index (χ3v) is 2.67. The van der Waals surface area contributed by atoms with Gasteiger partial charge < -0.3 is 10.6 Å². The topological polar surface area (TPSA) is 66.9 Å². The van der Waals surface area contributed by atoms with Crippen LogP contribution in [0.5, 0.6) is 0 Å². The van der Waals surface area contributed by atoms with Crippen LogP contribution in [0.4, 0.5) is 11.5 Å². The monoisotopic (exact) mass is 256 g/mol. The number of amides is 1. The molecule has 0 aliphatic carbocycles. The van der Waals surface area contributed by atoms with Crippen molar-refractivity contribution >= 4 is 17.4 Å². The van der Waals surface area contributed by atoms with Gasteiger partial charge in [0.05, 0.1) is 17.4 Å². The summed E-state index contributed by atoms with van der Waals surface area (Å²) in [5, 5.41) is 5.90. The van der Waals surface area contributed by atoms with Crippen LogP contribution in [0.25, 0.3) is 0 Å². The Bertz CT molecular complexity index is 566. The van der Waals surface area contributed by atoms with Gasteiger partial charge in [-0.15, -0.1) is 0 Å². The fourth-order valence-electron chi connectivity index (χ4n) is 1.60. The zero-order valence-electron chi connectivity index (χ0n) is 11.0. The molecule has 0 unspecified atom stereocenters. The Morgan fingerprint density at radius 1 is 1.26 bits per heavy atom. The molecule has 2 rings (SSSR count). The molecule has 0 fully saturated rings. The number of aryl methyl sites for hydroxylation is 1. The molecular weight excluding hydrogens is 240 g/mol. The fourth-order valence-corrected chi connectivity index (χ4v) is 1.60. The Kier molecular flexibility index (Phi) is 4.07. The molecule has 0 atom stereocenters. The second-order valence-electron chi connectivity index (χ2n) is 4.11. The first-order valence-corrected chi connectivity index (χ1v) is 6.12. The minimum atomic E-state index is -0.188. The van der Waals surface area contributed by atoms with Crippen molar-refractivity contribution in [3.05, 3.63) is 47.9 Å². The molecule has 98 valence electrons. The van der Waals surface area contributed by atoms with E-state index < -0.39 is 0 Å². The summed E-state index contributed by atoms with van der Waals surface area (Å²) in [5.41, 5.74) is 2.20. The van der Waals surface area contributed by atoms with E-state index in [0.717, 1.165) is 17.9 Å². The molecule has 0 aliphatic heterocycles. The molecule has 0 spiro atoms. The maximum Gasteiger partial charge on any atom is 0.257 e. The Labute approximate surface area is 112 Å². The first kappa shape index (κ1) is 13.0. The van der Waals surface area contributed by atoms with Gasteiger partial charge in [-0.05, 0) is 37.6 Å². The van der Waals surface area contributed by atoms with Crippen molar-refractivity contribution in [2.45, 2.75) is 13.8 Å². The highest BCUT2D eigenvalue weighted by molar-refractivity contribution is 6.04. The fraction of sp³-hybridized carbons (Fsp3) is 0.214. The molecule has 2 aromatic rings. The van der Waals surface area contributed by atoms with Crippen molar-refractivity contribution in [1.82, 2.24) is 9.97 Å². The van der Waals surface area contributed by atoms with Crippen molar-refractivity contribution in [2.75, 3.05) is 17.2 Å². The van der Waals surface area contributed by atoms with Crippen LogP contribution in [0.15, 0.2) is 36.8 Å². The van der Waals surface area contributed by atoms with Gasteiger partial charge in [-0.1, -0.05) is 0 Å². The molecule has 0 saturated carbocycles. The van der Waals surface area contributed by atoms with Gasteiger partial charge in [0.2, 0.25) is 0 Å². The van der Waals surface area contributed by atoms with Crippen molar-refractivity contribution in [3.63, 3.8) is 0 Å². The molecule has 5 nitrogen and oxygen atoms in total. The van der Waals surface area contributed by atoms with Crippen LogP contribution in [0, 0.1) is 6.92 Å². The number of carbonyl (C=O) groups is 1. The minimum Gasteiger partial charge on any atom is -0.370 e. The first-order chi connectivity index (χ1) is 9.20. The van der Waals surface area contributed by atoms with Gasteiger partial charge in [-0.25, -0.2) is 4.98 Å². The average Bonchev–Trinajstić information content (AvgIpc) is 2.42. The lowest BCUT2D eigenvalue weighted by molar-refractivity contribution is 0.102. The standard InChI is InChI=1S/C14H16N4O/c1-3-16-13-5-4-11(8-17-13)14(19)18-12-9-15-7-6-10(12)2/h4-9H,3H2,1-2H3,(H,16,17)(H,18,19). The lowest BCUT2D eigenvalue weighted by Gasteiger charge is -2.08. The highest BCUT2D eigenvalue weighted by atomic mass is 16.1. The number of pyridine rings is 2. The molecule has 2 N–H and O–H groups in total. The van der Waals surface area contributed by atoms with E-state index in [0.29, 0.717) is 11.3 Å². The van der Waals surface area contributed by atoms with Crippen LogP contribution >= 0.6 is 0 Å². The van der Waals surface area contributed by atoms with Crippen LogP contribution in [-0.4, -0.2) is 22.4 Å². The summed E-state index contributed by atoms with van der Waals surface area (Å²) in [6.45, 7) is 4.71. The van der Waals surface area contributed by atoms with Crippen LogP contribution in [0.1, 0.15) is 22.8 Å². The van der Waals surface area contributed by atoms with Crippen molar-refractivity contribution in [2.24, 2.45) is 0 Å².